The van der Waals surface area contributed by atoms with Crippen LogP contribution in [0, 0.1) is 6.92 Å². The molecule has 4 aromatic rings. The molecule has 1 aliphatic heterocycles. The van der Waals surface area contributed by atoms with Gasteiger partial charge in [0.05, 0.1) is 17.3 Å². The fourth-order valence-corrected chi connectivity index (χ4v) is 4.04. The predicted molar refractivity (Wildman–Crippen MR) is 108 cm³/mol. The van der Waals surface area contributed by atoms with E-state index in [0.717, 1.165) is 42.1 Å². The minimum Gasteiger partial charge on any atom is -0.461 e. The maximum Gasteiger partial charge on any atom is 0.195 e. The highest BCUT2D eigenvalue weighted by molar-refractivity contribution is 5.78. The summed E-state index contributed by atoms with van der Waals surface area (Å²) >= 11 is 0. The van der Waals surface area contributed by atoms with Crippen molar-refractivity contribution < 1.29 is 4.42 Å². The molecule has 0 spiro atoms. The minimum atomic E-state index is 0.434. The Bertz CT molecular complexity index is 1070. The van der Waals surface area contributed by atoms with E-state index in [0.29, 0.717) is 17.5 Å². The Kier molecular flexibility index (Phi) is 4.41. The van der Waals surface area contributed by atoms with Crippen LogP contribution in [-0.2, 0) is 6.54 Å². The number of para-hydroxylation sites is 1. The number of aromatic nitrogens is 4. The minimum absolute atomic E-state index is 0.434. The normalized spacial score (nSPS) is 18.0. The number of imidazole rings is 1. The van der Waals surface area contributed by atoms with Crippen LogP contribution in [0.1, 0.15) is 35.7 Å². The molecule has 1 saturated heterocycles. The second kappa shape index (κ2) is 7.20. The summed E-state index contributed by atoms with van der Waals surface area (Å²) < 4.78 is 5.36. The van der Waals surface area contributed by atoms with Crippen LogP contribution >= 0.6 is 0 Å². The number of nitrogens with zero attached hydrogens (tertiary/aromatic N) is 4. The molecule has 1 aromatic carbocycles. The molecule has 3 aromatic heterocycles. The molecule has 0 saturated carbocycles. The number of hydrogen-bond donors (Lipinski definition) is 1. The lowest BCUT2D eigenvalue weighted by Gasteiger charge is -2.31. The van der Waals surface area contributed by atoms with Gasteiger partial charge in [0.1, 0.15) is 5.82 Å². The summed E-state index contributed by atoms with van der Waals surface area (Å²) in [6, 6.07) is 10.0. The number of rotatable bonds is 4. The molecule has 1 atom stereocenters. The zero-order valence-electron chi connectivity index (χ0n) is 15.9. The van der Waals surface area contributed by atoms with Crippen LogP contribution in [0.3, 0.4) is 0 Å². The van der Waals surface area contributed by atoms with Gasteiger partial charge in [-0.25, -0.2) is 15.0 Å². The molecule has 0 aliphatic carbocycles. The first-order chi connectivity index (χ1) is 13.8. The maximum atomic E-state index is 5.36. The van der Waals surface area contributed by atoms with Gasteiger partial charge in [0.15, 0.2) is 11.6 Å². The van der Waals surface area contributed by atoms with Crippen LogP contribution < -0.4 is 0 Å². The molecule has 5 rings (SSSR count). The molecule has 1 N–H and O–H groups in total. The summed E-state index contributed by atoms with van der Waals surface area (Å²) in [4.78, 5) is 19.8. The Morgan fingerprint density at radius 3 is 2.86 bits per heavy atom. The van der Waals surface area contributed by atoms with E-state index < -0.39 is 0 Å². The SMILES string of the molecule is Cc1cccc2[nH]c(C3CCCN(Cc4cnc(-c5ccco5)nc4)C3)nc12. The van der Waals surface area contributed by atoms with Crippen molar-refractivity contribution in [3.8, 4) is 11.6 Å². The second-order valence-electron chi connectivity index (χ2n) is 7.56. The van der Waals surface area contributed by atoms with Gasteiger partial charge in [-0.3, -0.25) is 4.90 Å². The number of H-pyrrole nitrogens is 1. The molecule has 0 radical (unpaired) electrons. The van der Waals surface area contributed by atoms with Gasteiger partial charge in [0, 0.05) is 37.0 Å². The van der Waals surface area contributed by atoms with Crippen molar-refractivity contribution in [2.24, 2.45) is 0 Å². The highest BCUT2D eigenvalue weighted by atomic mass is 16.3. The summed E-state index contributed by atoms with van der Waals surface area (Å²) in [5.74, 6) is 2.87. The zero-order chi connectivity index (χ0) is 18.9. The summed E-state index contributed by atoms with van der Waals surface area (Å²) in [5.41, 5.74) is 4.57. The molecule has 1 fully saturated rings. The first-order valence-corrected chi connectivity index (χ1v) is 9.78. The lowest BCUT2D eigenvalue weighted by atomic mass is 9.97. The highest BCUT2D eigenvalue weighted by Gasteiger charge is 2.24. The van der Waals surface area contributed by atoms with Crippen LogP contribution in [0.15, 0.2) is 53.4 Å². The fraction of sp³-hybridized carbons (Fsp3) is 0.318. The number of furan rings is 1. The lowest BCUT2D eigenvalue weighted by molar-refractivity contribution is 0.197. The molecule has 0 bridgehead atoms. The van der Waals surface area contributed by atoms with E-state index >= 15 is 0 Å². The predicted octanol–water partition coefficient (Wildman–Crippen LogP) is 4.30. The summed E-state index contributed by atoms with van der Waals surface area (Å²) in [5, 5.41) is 0. The monoisotopic (exact) mass is 373 g/mol. The third kappa shape index (κ3) is 3.31. The van der Waals surface area contributed by atoms with Gasteiger partial charge < -0.3 is 9.40 Å². The first-order valence-electron chi connectivity index (χ1n) is 9.78. The quantitative estimate of drug-likeness (QED) is 0.577. The van der Waals surface area contributed by atoms with E-state index in [1.807, 2.05) is 24.5 Å². The number of hydrogen-bond acceptors (Lipinski definition) is 5. The van der Waals surface area contributed by atoms with E-state index in [2.05, 4.69) is 45.0 Å². The number of fused-ring (bicyclic) bond motifs is 1. The van der Waals surface area contributed by atoms with Crippen molar-refractivity contribution in [1.29, 1.82) is 0 Å². The standard InChI is InChI=1S/C22H23N5O/c1-15-5-2-7-18-20(15)26-21(25-18)17-6-3-9-27(14-17)13-16-11-23-22(24-12-16)19-8-4-10-28-19/h2,4-5,7-8,10-12,17H,3,6,9,13-14H2,1H3,(H,25,26). The highest BCUT2D eigenvalue weighted by Crippen LogP contribution is 2.28. The van der Waals surface area contributed by atoms with Gasteiger partial charge in [0.2, 0.25) is 0 Å². The Balaban J connectivity index is 1.29. The van der Waals surface area contributed by atoms with E-state index in [1.165, 1.54) is 18.4 Å². The molecule has 6 heteroatoms. The van der Waals surface area contributed by atoms with Crippen molar-refractivity contribution in [3.05, 3.63) is 65.9 Å². The van der Waals surface area contributed by atoms with Crippen LogP contribution in [0.25, 0.3) is 22.6 Å². The fourth-order valence-electron chi connectivity index (χ4n) is 4.04. The van der Waals surface area contributed by atoms with Crippen molar-refractivity contribution in [3.63, 3.8) is 0 Å². The zero-order valence-corrected chi connectivity index (χ0v) is 15.9. The largest absolute Gasteiger partial charge is 0.461 e. The molecule has 1 unspecified atom stereocenters. The molecule has 1 aliphatic rings. The molecule has 0 amide bonds. The van der Waals surface area contributed by atoms with Crippen molar-refractivity contribution in [1.82, 2.24) is 24.8 Å². The van der Waals surface area contributed by atoms with Gasteiger partial charge in [-0.05, 0) is 50.1 Å². The number of piperidine rings is 1. The Labute approximate surface area is 163 Å². The van der Waals surface area contributed by atoms with Crippen LogP contribution in [-0.4, -0.2) is 37.9 Å². The van der Waals surface area contributed by atoms with Crippen molar-refractivity contribution in [2.75, 3.05) is 13.1 Å². The third-order valence-electron chi connectivity index (χ3n) is 5.48. The third-order valence-corrected chi connectivity index (χ3v) is 5.48. The number of nitrogens with one attached hydrogen (secondary N) is 1. The maximum absolute atomic E-state index is 5.36. The molecule has 28 heavy (non-hydrogen) atoms. The second-order valence-corrected chi connectivity index (χ2v) is 7.56. The molecule has 142 valence electrons. The van der Waals surface area contributed by atoms with E-state index in [1.54, 1.807) is 6.26 Å². The molecule has 6 nitrogen and oxygen atoms in total. The van der Waals surface area contributed by atoms with E-state index in [-0.39, 0.29) is 0 Å². The van der Waals surface area contributed by atoms with Crippen molar-refractivity contribution in [2.45, 2.75) is 32.2 Å². The number of aryl methyl sites for hydroxylation is 1. The van der Waals surface area contributed by atoms with Gasteiger partial charge in [-0.1, -0.05) is 12.1 Å². The van der Waals surface area contributed by atoms with Gasteiger partial charge in [0.25, 0.3) is 0 Å². The van der Waals surface area contributed by atoms with E-state index in [9.17, 15) is 0 Å². The summed E-state index contributed by atoms with van der Waals surface area (Å²) in [6.07, 6.45) is 7.79. The lowest BCUT2D eigenvalue weighted by Crippen LogP contribution is -2.34. The van der Waals surface area contributed by atoms with Crippen LogP contribution in [0.2, 0.25) is 0 Å². The molecule has 4 heterocycles. The topological polar surface area (TPSA) is 70.8 Å². The van der Waals surface area contributed by atoms with E-state index in [4.69, 9.17) is 9.40 Å². The van der Waals surface area contributed by atoms with Crippen molar-refractivity contribution >= 4 is 11.0 Å². The van der Waals surface area contributed by atoms with Gasteiger partial charge >= 0.3 is 0 Å². The summed E-state index contributed by atoms with van der Waals surface area (Å²) in [6.45, 7) is 5.06. The van der Waals surface area contributed by atoms with Gasteiger partial charge in [-0.15, -0.1) is 0 Å². The first kappa shape index (κ1) is 17.1. The average Bonchev–Trinajstić information content (AvgIpc) is 3.40. The Morgan fingerprint density at radius 2 is 2.07 bits per heavy atom. The number of benzene rings is 1. The summed E-state index contributed by atoms with van der Waals surface area (Å²) in [7, 11) is 0. The average molecular weight is 373 g/mol. The number of likely N-dealkylation sites (tertiary alicyclic amines) is 1. The smallest absolute Gasteiger partial charge is 0.195 e. The molecular weight excluding hydrogens is 350 g/mol. The van der Waals surface area contributed by atoms with Gasteiger partial charge in [-0.2, -0.15) is 0 Å². The number of aromatic amines is 1. The van der Waals surface area contributed by atoms with Crippen LogP contribution in [0.5, 0.6) is 0 Å². The Hall–Kier alpha value is -2.99. The molecular formula is C22H23N5O. The Morgan fingerprint density at radius 1 is 1.18 bits per heavy atom. The van der Waals surface area contributed by atoms with Crippen LogP contribution in [0.4, 0.5) is 0 Å².